The molecule has 0 spiro atoms. The van der Waals surface area contributed by atoms with E-state index >= 15 is 0 Å². The lowest BCUT2D eigenvalue weighted by atomic mass is 9.78. The van der Waals surface area contributed by atoms with E-state index in [4.69, 9.17) is 9.47 Å². The summed E-state index contributed by atoms with van der Waals surface area (Å²) in [6, 6.07) is 9.61. The molecular weight excluding hydrogens is 507 g/mol. The molecule has 1 aliphatic carbocycles. The SMILES string of the molecule is COc1ccc(OC)c(S(=O)(=O)NC[C@@H]2CCCC[C@H]2CN2CCC(c3[nH]nc4cc(F)ccc34)CC2)c1. The number of likely N-dealkylation sites (tertiary alicyclic amines) is 1. The van der Waals surface area contributed by atoms with Gasteiger partial charge < -0.3 is 14.4 Å². The third-order valence-corrected chi connectivity index (χ3v) is 9.74. The molecule has 1 saturated heterocycles. The number of H-pyrrole nitrogens is 1. The number of aromatic amines is 1. The Balaban J connectivity index is 1.19. The Morgan fingerprint density at radius 2 is 1.79 bits per heavy atom. The van der Waals surface area contributed by atoms with Gasteiger partial charge in [0.2, 0.25) is 10.0 Å². The largest absolute Gasteiger partial charge is 0.497 e. The van der Waals surface area contributed by atoms with Gasteiger partial charge in [0.15, 0.2) is 0 Å². The van der Waals surface area contributed by atoms with Gasteiger partial charge in [-0.15, -0.1) is 0 Å². The molecule has 3 aromatic rings. The number of rotatable bonds is 9. The van der Waals surface area contributed by atoms with Gasteiger partial charge in [0.1, 0.15) is 22.2 Å². The van der Waals surface area contributed by atoms with E-state index in [0.29, 0.717) is 41.3 Å². The van der Waals surface area contributed by atoms with E-state index in [-0.39, 0.29) is 10.7 Å². The van der Waals surface area contributed by atoms with Crippen LogP contribution in [0.4, 0.5) is 4.39 Å². The second kappa shape index (κ2) is 11.6. The molecule has 1 aliphatic heterocycles. The molecule has 0 bridgehead atoms. The van der Waals surface area contributed by atoms with E-state index in [9.17, 15) is 12.8 Å². The molecule has 0 radical (unpaired) electrons. The molecule has 0 unspecified atom stereocenters. The van der Waals surface area contributed by atoms with Crippen LogP contribution in [0.25, 0.3) is 10.9 Å². The maximum atomic E-state index is 13.6. The molecule has 2 aromatic carbocycles. The number of benzene rings is 2. The number of nitrogens with zero attached hydrogens (tertiary/aromatic N) is 2. The van der Waals surface area contributed by atoms with Crippen LogP contribution in [0, 0.1) is 17.7 Å². The number of aromatic nitrogens is 2. The Hall–Kier alpha value is -2.69. The summed E-state index contributed by atoms with van der Waals surface area (Å²) in [7, 11) is -0.765. The van der Waals surface area contributed by atoms with Crippen molar-refractivity contribution in [3.8, 4) is 11.5 Å². The van der Waals surface area contributed by atoms with Crippen molar-refractivity contribution < 1.29 is 22.3 Å². The summed E-state index contributed by atoms with van der Waals surface area (Å²) in [4.78, 5) is 2.62. The van der Waals surface area contributed by atoms with Gasteiger partial charge in [0.05, 0.1) is 19.7 Å². The minimum Gasteiger partial charge on any atom is -0.497 e. The number of ether oxygens (including phenoxy) is 2. The molecule has 2 atom stereocenters. The topological polar surface area (TPSA) is 96.5 Å². The smallest absolute Gasteiger partial charge is 0.244 e. The minimum absolute atomic E-state index is 0.0999. The predicted molar refractivity (Wildman–Crippen MR) is 145 cm³/mol. The third-order valence-electron chi connectivity index (χ3n) is 8.30. The van der Waals surface area contributed by atoms with Crippen molar-refractivity contribution in [2.45, 2.75) is 49.3 Å². The summed E-state index contributed by atoms with van der Waals surface area (Å²) in [6.07, 6.45) is 6.50. The van der Waals surface area contributed by atoms with E-state index < -0.39 is 10.0 Å². The first kappa shape index (κ1) is 26.9. The Labute approximate surface area is 223 Å². The van der Waals surface area contributed by atoms with Crippen LogP contribution in [0.5, 0.6) is 11.5 Å². The Morgan fingerprint density at radius 1 is 1.03 bits per heavy atom. The number of halogens is 1. The molecule has 1 aromatic heterocycles. The van der Waals surface area contributed by atoms with Crippen molar-refractivity contribution >= 4 is 20.9 Å². The number of methoxy groups -OCH3 is 2. The summed E-state index contributed by atoms with van der Waals surface area (Å²) in [6.45, 7) is 3.38. The van der Waals surface area contributed by atoms with Crippen molar-refractivity contribution in [1.82, 2.24) is 19.8 Å². The Kier molecular flexibility index (Phi) is 8.20. The van der Waals surface area contributed by atoms with Crippen LogP contribution < -0.4 is 14.2 Å². The van der Waals surface area contributed by atoms with Gasteiger partial charge in [-0.05, 0) is 74.9 Å². The number of fused-ring (bicyclic) bond motifs is 1. The van der Waals surface area contributed by atoms with Crippen LogP contribution in [0.1, 0.15) is 50.1 Å². The first-order valence-corrected chi connectivity index (χ1v) is 14.9. The molecule has 2 N–H and O–H groups in total. The summed E-state index contributed by atoms with van der Waals surface area (Å²) >= 11 is 0. The van der Waals surface area contributed by atoms with E-state index in [1.165, 1.54) is 38.8 Å². The predicted octanol–water partition coefficient (Wildman–Crippen LogP) is 4.68. The average molecular weight is 545 g/mol. The first-order valence-electron chi connectivity index (χ1n) is 13.5. The van der Waals surface area contributed by atoms with Gasteiger partial charge in [0, 0.05) is 42.2 Å². The number of nitrogens with one attached hydrogen (secondary N) is 2. The van der Waals surface area contributed by atoms with Crippen LogP contribution in [-0.2, 0) is 10.0 Å². The highest BCUT2D eigenvalue weighted by atomic mass is 32.2. The molecule has 5 rings (SSSR count). The van der Waals surface area contributed by atoms with Crippen molar-refractivity contribution in [1.29, 1.82) is 0 Å². The van der Waals surface area contributed by atoms with Crippen LogP contribution in [0.3, 0.4) is 0 Å². The molecule has 2 fully saturated rings. The molecule has 8 nitrogen and oxygen atoms in total. The third kappa shape index (κ3) is 5.82. The molecule has 206 valence electrons. The molecule has 1 saturated carbocycles. The second-order valence-electron chi connectivity index (χ2n) is 10.5. The number of hydrogen-bond acceptors (Lipinski definition) is 6. The van der Waals surface area contributed by atoms with Gasteiger partial charge in [0.25, 0.3) is 0 Å². The van der Waals surface area contributed by atoms with E-state index in [1.54, 1.807) is 12.1 Å². The number of hydrogen-bond donors (Lipinski definition) is 2. The van der Waals surface area contributed by atoms with Crippen LogP contribution in [-0.4, -0.2) is 63.9 Å². The standard InChI is InChI=1S/C28H37FN4O4S/c1-36-23-8-10-26(37-2)27(16-23)38(34,35)30-17-20-5-3-4-6-21(20)18-33-13-11-19(12-14-33)28-24-9-7-22(29)15-25(24)31-32-28/h7-10,15-16,19-21,30H,3-6,11-14,17-18H2,1-2H3,(H,31,32)/t20-,21-/m0/s1. The number of piperidine rings is 1. The average Bonchev–Trinajstić information content (AvgIpc) is 3.35. The van der Waals surface area contributed by atoms with E-state index in [0.717, 1.165) is 62.8 Å². The molecule has 2 heterocycles. The molecular formula is C28H37FN4O4S. The van der Waals surface area contributed by atoms with Gasteiger partial charge in [-0.25, -0.2) is 17.5 Å². The lowest BCUT2D eigenvalue weighted by molar-refractivity contribution is 0.129. The van der Waals surface area contributed by atoms with E-state index in [1.807, 2.05) is 6.07 Å². The maximum Gasteiger partial charge on any atom is 0.244 e. The lowest BCUT2D eigenvalue weighted by Crippen LogP contribution is -2.42. The van der Waals surface area contributed by atoms with E-state index in [2.05, 4.69) is 19.8 Å². The zero-order chi connectivity index (χ0) is 26.7. The van der Waals surface area contributed by atoms with Gasteiger partial charge in [-0.3, -0.25) is 5.10 Å². The van der Waals surface area contributed by atoms with Crippen molar-refractivity contribution in [2.24, 2.45) is 11.8 Å². The summed E-state index contributed by atoms with van der Waals surface area (Å²) in [5.41, 5.74) is 1.79. The zero-order valence-electron chi connectivity index (χ0n) is 22.1. The summed E-state index contributed by atoms with van der Waals surface area (Å²) in [5, 5.41) is 8.48. The number of sulfonamides is 1. The second-order valence-corrected chi connectivity index (χ2v) is 12.3. The molecule has 0 amide bonds. The van der Waals surface area contributed by atoms with Crippen molar-refractivity contribution in [3.63, 3.8) is 0 Å². The molecule has 2 aliphatic rings. The van der Waals surface area contributed by atoms with Crippen molar-refractivity contribution in [2.75, 3.05) is 40.4 Å². The highest BCUT2D eigenvalue weighted by Crippen LogP contribution is 2.35. The fourth-order valence-corrected chi connectivity index (χ4v) is 7.41. The minimum atomic E-state index is -3.75. The first-order chi connectivity index (χ1) is 18.4. The lowest BCUT2D eigenvalue weighted by Gasteiger charge is -2.38. The Morgan fingerprint density at radius 3 is 2.53 bits per heavy atom. The highest BCUT2D eigenvalue weighted by Gasteiger charge is 2.31. The van der Waals surface area contributed by atoms with Crippen LogP contribution in [0.15, 0.2) is 41.3 Å². The fourth-order valence-electron chi connectivity index (χ4n) is 6.13. The summed E-state index contributed by atoms with van der Waals surface area (Å²) in [5.74, 6) is 1.63. The van der Waals surface area contributed by atoms with Crippen LogP contribution >= 0.6 is 0 Å². The maximum absolute atomic E-state index is 13.6. The van der Waals surface area contributed by atoms with Gasteiger partial charge in [-0.2, -0.15) is 5.10 Å². The van der Waals surface area contributed by atoms with Gasteiger partial charge in [-0.1, -0.05) is 12.8 Å². The fraction of sp³-hybridized carbons (Fsp3) is 0.536. The van der Waals surface area contributed by atoms with Crippen LogP contribution in [0.2, 0.25) is 0 Å². The quantitative estimate of drug-likeness (QED) is 0.406. The highest BCUT2D eigenvalue weighted by molar-refractivity contribution is 7.89. The normalized spacial score (nSPS) is 21.6. The monoisotopic (exact) mass is 544 g/mol. The molecule has 38 heavy (non-hydrogen) atoms. The summed E-state index contributed by atoms with van der Waals surface area (Å²) < 4.78 is 53.3. The zero-order valence-corrected chi connectivity index (χ0v) is 22.9. The Bertz CT molecular complexity index is 1350. The van der Waals surface area contributed by atoms with Gasteiger partial charge >= 0.3 is 0 Å². The van der Waals surface area contributed by atoms with Crippen molar-refractivity contribution in [3.05, 3.63) is 47.9 Å². The molecule has 10 heteroatoms.